The molecule has 6 aromatic rings. The summed E-state index contributed by atoms with van der Waals surface area (Å²) in [5, 5.41) is 17.5. The first kappa shape index (κ1) is 53.6. The number of aromatic nitrogens is 8. The number of ether oxygens (including phenoxy) is 2. The standard InChI is InChI=1S/2C26H33Cl2N7O2/c2*1-16-24-25(35(32-16)17(2)21-7-6-20(27)11-22(21)28)31-23(12-30-24)34-14-19(15-34)18-5-4-9-33(13-18)10-8-29-26(36)37-3/h2*6-7,11-12,17-19H,4-5,8-10,13-15H2,1-3H3,(H,29,36)/t17-,18+;17-,18-/m11/s1. The van der Waals surface area contributed by atoms with Crippen LogP contribution in [0.15, 0.2) is 48.8 Å². The van der Waals surface area contributed by atoms with Crippen molar-refractivity contribution in [1.82, 2.24) is 59.9 Å². The Bertz CT molecular complexity index is 2750. The normalized spacial score (nSPS) is 19.6. The van der Waals surface area contributed by atoms with Crippen molar-refractivity contribution < 1.29 is 19.1 Å². The van der Waals surface area contributed by atoms with Gasteiger partial charge in [0.1, 0.15) is 22.7 Å². The van der Waals surface area contributed by atoms with E-state index >= 15 is 0 Å². The van der Waals surface area contributed by atoms with Crippen LogP contribution in [0.4, 0.5) is 21.2 Å². The number of amides is 2. The Morgan fingerprint density at radius 3 is 1.41 bits per heavy atom. The van der Waals surface area contributed by atoms with Gasteiger partial charge in [-0.2, -0.15) is 10.2 Å². The van der Waals surface area contributed by atoms with Gasteiger partial charge in [-0.3, -0.25) is 0 Å². The van der Waals surface area contributed by atoms with Gasteiger partial charge in [0.25, 0.3) is 0 Å². The summed E-state index contributed by atoms with van der Waals surface area (Å²) < 4.78 is 13.1. The first-order chi connectivity index (χ1) is 35.7. The highest BCUT2D eigenvalue weighted by atomic mass is 35.5. The number of nitrogens with zero attached hydrogens (tertiary/aromatic N) is 12. The zero-order valence-corrected chi connectivity index (χ0v) is 45.9. The monoisotopic (exact) mass is 1090 g/mol. The van der Waals surface area contributed by atoms with Crippen LogP contribution in [0.2, 0.25) is 20.1 Å². The predicted molar refractivity (Wildman–Crippen MR) is 291 cm³/mol. The molecule has 4 atom stereocenters. The maximum atomic E-state index is 11.3. The van der Waals surface area contributed by atoms with Gasteiger partial charge in [0, 0.05) is 85.5 Å². The molecule has 396 valence electrons. The van der Waals surface area contributed by atoms with E-state index in [1.807, 2.05) is 59.9 Å². The maximum absolute atomic E-state index is 11.3. The van der Waals surface area contributed by atoms with Crippen molar-refractivity contribution in [2.75, 3.05) is 103 Å². The minimum Gasteiger partial charge on any atom is -0.453 e. The molecule has 0 radical (unpaired) electrons. The average molecular weight is 1090 g/mol. The lowest BCUT2D eigenvalue weighted by atomic mass is 9.80. The number of aryl methyl sites for hydroxylation is 2. The van der Waals surface area contributed by atoms with Gasteiger partial charge < -0.3 is 39.7 Å². The van der Waals surface area contributed by atoms with Crippen LogP contribution < -0.4 is 20.4 Å². The minimum absolute atomic E-state index is 0.114. The lowest BCUT2D eigenvalue weighted by Gasteiger charge is -2.47. The molecule has 74 heavy (non-hydrogen) atoms. The number of carbonyl (C=O) groups excluding carboxylic acids is 2. The Hall–Kier alpha value is -5.24. The van der Waals surface area contributed by atoms with Crippen LogP contribution >= 0.6 is 46.4 Å². The van der Waals surface area contributed by atoms with Gasteiger partial charge >= 0.3 is 12.2 Å². The predicted octanol–water partition coefficient (Wildman–Crippen LogP) is 9.11. The van der Waals surface area contributed by atoms with Crippen molar-refractivity contribution in [1.29, 1.82) is 0 Å². The Balaban J connectivity index is 0.000000182. The van der Waals surface area contributed by atoms with E-state index in [-0.39, 0.29) is 24.3 Å². The van der Waals surface area contributed by atoms with Crippen molar-refractivity contribution in [3.8, 4) is 0 Å². The van der Waals surface area contributed by atoms with E-state index in [9.17, 15) is 9.59 Å². The molecule has 0 aliphatic carbocycles. The quantitative estimate of drug-likeness (QED) is 0.106. The number of likely N-dealkylation sites (tertiary alicyclic amines) is 2. The molecule has 4 aromatic heterocycles. The molecule has 4 saturated heterocycles. The molecule has 4 aliphatic rings. The summed E-state index contributed by atoms with van der Waals surface area (Å²) in [6.45, 7) is 19.2. The highest BCUT2D eigenvalue weighted by molar-refractivity contribution is 6.35. The molecule has 0 saturated carbocycles. The lowest BCUT2D eigenvalue weighted by Crippen LogP contribution is -2.54. The molecule has 4 fully saturated rings. The van der Waals surface area contributed by atoms with Gasteiger partial charge in [-0.15, -0.1) is 0 Å². The molecular formula is C52H66Cl4N14O4. The molecule has 0 bridgehead atoms. The first-order valence-corrected chi connectivity index (χ1v) is 27.1. The van der Waals surface area contributed by atoms with Gasteiger partial charge in [-0.1, -0.05) is 58.5 Å². The Labute approximate surface area is 452 Å². The number of nitrogens with one attached hydrogen (secondary N) is 2. The third kappa shape index (κ3) is 12.1. The molecule has 4 aliphatic heterocycles. The third-order valence-electron chi connectivity index (χ3n) is 15.3. The number of anilines is 2. The molecule has 0 spiro atoms. The Kier molecular flexibility index (Phi) is 17.2. The molecular weight excluding hydrogens is 1030 g/mol. The number of piperidine rings is 2. The Morgan fingerprint density at radius 2 is 1.03 bits per heavy atom. The molecule has 2 amide bonds. The fourth-order valence-corrected chi connectivity index (χ4v) is 12.1. The Morgan fingerprint density at radius 1 is 0.622 bits per heavy atom. The number of rotatable bonds is 14. The number of methoxy groups -OCH3 is 2. The number of hydrogen-bond donors (Lipinski definition) is 2. The smallest absolute Gasteiger partial charge is 0.406 e. The van der Waals surface area contributed by atoms with E-state index in [0.29, 0.717) is 56.9 Å². The van der Waals surface area contributed by atoms with E-state index in [0.717, 1.165) is 122 Å². The third-order valence-corrected chi connectivity index (χ3v) is 16.5. The van der Waals surface area contributed by atoms with Crippen LogP contribution in [-0.2, 0) is 9.47 Å². The van der Waals surface area contributed by atoms with Gasteiger partial charge in [-0.25, -0.2) is 38.9 Å². The van der Waals surface area contributed by atoms with Crippen LogP contribution in [0, 0.1) is 37.5 Å². The SMILES string of the molecule is COC(=O)NCCN1CCC[C@@H](C2CN(c3cnc4c(C)nn([C@H](C)c5ccc(Cl)cc5Cl)c4n3)C2)C1.COC(=O)NCCN1CCC[C@H](C2CN(c3cnc4c(C)nn([C@H](C)c5ccc(Cl)cc5Cl)c4n3)C2)C1. The summed E-state index contributed by atoms with van der Waals surface area (Å²) >= 11 is 25.2. The van der Waals surface area contributed by atoms with Crippen LogP contribution in [0.1, 0.15) is 74.1 Å². The maximum Gasteiger partial charge on any atom is 0.406 e. The number of fused-ring (bicyclic) bond motifs is 2. The van der Waals surface area contributed by atoms with E-state index in [2.05, 4.69) is 53.6 Å². The first-order valence-electron chi connectivity index (χ1n) is 25.6. The van der Waals surface area contributed by atoms with Crippen LogP contribution in [0.25, 0.3) is 22.3 Å². The second-order valence-corrected chi connectivity index (χ2v) is 21.8. The van der Waals surface area contributed by atoms with Gasteiger partial charge in [-0.05, 0) is 126 Å². The van der Waals surface area contributed by atoms with Gasteiger partial charge in [0.15, 0.2) is 11.3 Å². The molecule has 8 heterocycles. The largest absolute Gasteiger partial charge is 0.453 e. The molecule has 18 nitrogen and oxygen atoms in total. The van der Waals surface area contributed by atoms with Crippen LogP contribution in [-0.4, -0.2) is 154 Å². The average Bonchev–Trinajstić information content (AvgIpc) is 3.87. The summed E-state index contributed by atoms with van der Waals surface area (Å²) in [7, 11) is 2.78. The van der Waals surface area contributed by atoms with Gasteiger partial charge in [0.2, 0.25) is 0 Å². The second kappa shape index (κ2) is 23.8. The van der Waals surface area contributed by atoms with Crippen LogP contribution in [0.3, 0.4) is 0 Å². The molecule has 0 unspecified atom stereocenters. The van der Waals surface area contributed by atoms with Crippen molar-refractivity contribution in [2.45, 2.75) is 65.5 Å². The lowest BCUT2D eigenvalue weighted by molar-refractivity contribution is 0.118. The summed E-state index contributed by atoms with van der Waals surface area (Å²) in [5.74, 6) is 4.34. The fourth-order valence-electron chi connectivity index (χ4n) is 11.0. The number of benzene rings is 2. The molecule has 2 aromatic carbocycles. The number of carbonyl (C=O) groups is 2. The topological polar surface area (TPSA) is 177 Å². The highest BCUT2D eigenvalue weighted by Gasteiger charge is 2.38. The van der Waals surface area contributed by atoms with Crippen LogP contribution in [0.5, 0.6) is 0 Å². The summed E-state index contributed by atoms with van der Waals surface area (Å²) in [6.07, 6.45) is 7.85. The highest BCUT2D eigenvalue weighted by Crippen LogP contribution is 2.37. The van der Waals surface area contributed by atoms with Crippen molar-refractivity contribution >= 4 is 92.6 Å². The summed E-state index contributed by atoms with van der Waals surface area (Å²) in [6, 6.07) is 10.9. The van der Waals surface area contributed by atoms with Crippen molar-refractivity contribution in [2.24, 2.45) is 23.7 Å². The molecule has 22 heteroatoms. The van der Waals surface area contributed by atoms with Crippen molar-refractivity contribution in [3.05, 3.63) is 91.4 Å². The van der Waals surface area contributed by atoms with E-state index in [1.54, 1.807) is 12.1 Å². The summed E-state index contributed by atoms with van der Waals surface area (Å²) in [5.41, 5.74) is 6.71. The van der Waals surface area contributed by atoms with E-state index in [4.69, 9.17) is 76.5 Å². The summed E-state index contributed by atoms with van der Waals surface area (Å²) in [4.78, 5) is 51.6. The number of hydrogen-bond acceptors (Lipinski definition) is 14. The fraction of sp³-hybridized carbons (Fsp3) is 0.538. The minimum atomic E-state index is -0.372. The van der Waals surface area contributed by atoms with E-state index < -0.39 is 0 Å². The van der Waals surface area contributed by atoms with Gasteiger partial charge in [0.05, 0.1) is 50.1 Å². The number of halogens is 4. The molecule has 10 rings (SSSR count). The van der Waals surface area contributed by atoms with Crippen molar-refractivity contribution in [3.63, 3.8) is 0 Å². The molecule has 2 N–H and O–H groups in total. The van der Waals surface area contributed by atoms with E-state index in [1.165, 1.54) is 39.9 Å². The zero-order valence-electron chi connectivity index (χ0n) is 42.9. The zero-order chi connectivity index (χ0) is 52.2. The number of alkyl carbamates (subject to hydrolysis) is 2. The second-order valence-electron chi connectivity index (χ2n) is 20.1.